The minimum Gasteiger partial charge on any atom is -0.357 e. The zero-order chi connectivity index (χ0) is 14.8. The lowest BCUT2D eigenvalue weighted by atomic mass is 10.2. The molecule has 0 radical (unpaired) electrons. The van der Waals surface area contributed by atoms with Gasteiger partial charge in [-0.25, -0.2) is 4.98 Å². The van der Waals surface area contributed by atoms with Crippen LogP contribution in [0.1, 0.15) is 32.3 Å². The number of rotatable bonds is 10. The van der Waals surface area contributed by atoms with E-state index in [0.29, 0.717) is 0 Å². The number of hydrogen-bond donors (Lipinski definition) is 1. The van der Waals surface area contributed by atoms with Crippen molar-refractivity contribution < 1.29 is 0 Å². The monoisotopic (exact) mass is 278 g/mol. The summed E-state index contributed by atoms with van der Waals surface area (Å²) in [5.74, 6) is 1.14. The van der Waals surface area contributed by atoms with Crippen LogP contribution < -0.4 is 10.2 Å². The molecule has 0 aliphatic carbocycles. The summed E-state index contributed by atoms with van der Waals surface area (Å²) in [4.78, 5) is 9.21. The van der Waals surface area contributed by atoms with Crippen molar-refractivity contribution in [2.75, 3.05) is 45.2 Å². The summed E-state index contributed by atoms with van der Waals surface area (Å²) in [6.07, 6.45) is 4.22. The van der Waals surface area contributed by atoms with Crippen molar-refractivity contribution in [2.24, 2.45) is 0 Å². The molecule has 4 heteroatoms. The van der Waals surface area contributed by atoms with Crippen molar-refractivity contribution in [3.63, 3.8) is 0 Å². The Morgan fingerprint density at radius 3 is 2.65 bits per heavy atom. The molecule has 0 aliphatic heterocycles. The van der Waals surface area contributed by atoms with Crippen molar-refractivity contribution in [3.05, 3.63) is 23.9 Å². The molecule has 114 valence electrons. The first kappa shape index (κ1) is 16.9. The van der Waals surface area contributed by atoms with Gasteiger partial charge in [0.1, 0.15) is 5.82 Å². The third-order valence-corrected chi connectivity index (χ3v) is 3.32. The number of aromatic nitrogens is 1. The molecule has 0 amide bonds. The third kappa shape index (κ3) is 5.88. The van der Waals surface area contributed by atoms with E-state index in [9.17, 15) is 0 Å². The quantitative estimate of drug-likeness (QED) is 0.666. The zero-order valence-electron chi connectivity index (χ0n) is 13.5. The molecule has 4 nitrogen and oxygen atoms in total. The molecule has 1 heterocycles. The Morgan fingerprint density at radius 2 is 2.00 bits per heavy atom. The average molecular weight is 278 g/mol. The molecule has 20 heavy (non-hydrogen) atoms. The Balaban J connectivity index is 2.65. The van der Waals surface area contributed by atoms with E-state index in [-0.39, 0.29) is 0 Å². The molecule has 1 aromatic rings. The molecule has 0 aromatic carbocycles. The Labute approximate surface area is 124 Å². The van der Waals surface area contributed by atoms with E-state index in [1.807, 2.05) is 12.3 Å². The largest absolute Gasteiger partial charge is 0.357 e. The van der Waals surface area contributed by atoms with E-state index < -0.39 is 0 Å². The second kappa shape index (κ2) is 9.72. The SMILES string of the molecule is CCCNCc1cccnc1N(CC)CCCN(C)C. The van der Waals surface area contributed by atoms with Crippen LogP contribution in [0.2, 0.25) is 0 Å². The second-order valence-electron chi connectivity index (χ2n) is 5.40. The van der Waals surface area contributed by atoms with Crippen molar-refractivity contribution >= 4 is 5.82 Å². The average Bonchev–Trinajstić information content (AvgIpc) is 2.44. The van der Waals surface area contributed by atoms with Gasteiger partial charge in [-0.05, 0) is 53.0 Å². The molecule has 0 saturated carbocycles. The van der Waals surface area contributed by atoms with Crippen LogP contribution in [0.25, 0.3) is 0 Å². The highest BCUT2D eigenvalue weighted by Crippen LogP contribution is 2.17. The molecule has 0 atom stereocenters. The van der Waals surface area contributed by atoms with E-state index in [2.05, 4.69) is 54.1 Å². The lowest BCUT2D eigenvalue weighted by Crippen LogP contribution is -2.29. The predicted octanol–water partition coefficient (Wildman–Crippen LogP) is 2.36. The van der Waals surface area contributed by atoms with Gasteiger partial charge >= 0.3 is 0 Å². The Bertz CT molecular complexity index is 365. The number of anilines is 1. The summed E-state index contributed by atoms with van der Waals surface area (Å²) >= 11 is 0. The number of hydrogen-bond acceptors (Lipinski definition) is 4. The maximum Gasteiger partial charge on any atom is 0.132 e. The molecule has 0 fully saturated rings. The molecule has 0 unspecified atom stereocenters. The van der Waals surface area contributed by atoms with E-state index >= 15 is 0 Å². The van der Waals surface area contributed by atoms with Crippen molar-refractivity contribution in [1.29, 1.82) is 0 Å². The maximum atomic E-state index is 4.60. The van der Waals surface area contributed by atoms with Gasteiger partial charge in [0, 0.05) is 31.4 Å². The molecule has 1 N–H and O–H groups in total. The minimum atomic E-state index is 0.904. The van der Waals surface area contributed by atoms with E-state index in [1.165, 1.54) is 12.0 Å². The fourth-order valence-corrected chi connectivity index (χ4v) is 2.24. The summed E-state index contributed by atoms with van der Waals surface area (Å²) in [5.41, 5.74) is 1.30. The Kier molecular flexibility index (Phi) is 8.23. The van der Waals surface area contributed by atoms with Crippen LogP contribution in [0.4, 0.5) is 5.82 Å². The second-order valence-corrected chi connectivity index (χ2v) is 5.40. The van der Waals surface area contributed by atoms with Gasteiger partial charge in [-0.3, -0.25) is 0 Å². The van der Waals surface area contributed by atoms with Gasteiger partial charge in [-0.1, -0.05) is 13.0 Å². The molecule has 1 aromatic heterocycles. The molecule has 0 bridgehead atoms. The normalized spacial score (nSPS) is 11.1. The smallest absolute Gasteiger partial charge is 0.132 e. The molecule has 1 rings (SSSR count). The first-order valence-corrected chi connectivity index (χ1v) is 7.73. The standard InChI is InChI=1S/C16H30N4/c1-5-10-17-14-15-9-7-11-18-16(15)20(6-2)13-8-12-19(3)4/h7,9,11,17H,5-6,8,10,12-14H2,1-4H3. The number of nitrogens with one attached hydrogen (secondary N) is 1. The van der Waals surface area contributed by atoms with Crippen molar-refractivity contribution in [2.45, 2.75) is 33.2 Å². The molecular weight excluding hydrogens is 248 g/mol. The van der Waals surface area contributed by atoms with E-state index in [0.717, 1.165) is 45.0 Å². The van der Waals surface area contributed by atoms with Gasteiger partial charge in [0.25, 0.3) is 0 Å². The van der Waals surface area contributed by atoms with Crippen molar-refractivity contribution in [3.8, 4) is 0 Å². The van der Waals surface area contributed by atoms with Gasteiger partial charge in [-0.2, -0.15) is 0 Å². The molecule has 0 aliphatic rings. The topological polar surface area (TPSA) is 31.4 Å². The lowest BCUT2D eigenvalue weighted by Gasteiger charge is -2.25. The van der Waals surface area contributed by atoms with Gasteiger partial charge in [-0.15, -0.1) is 0 Å². The molecule has 0 saturated heterocycles. The first-order chi connectivity index (χ1) is 9.69. The summed E-state index contributed by atoms with van der Waals surface area (Å²) in [5, 5.41) is 3.47. The van der Waals surface area contributed by atoms with Gasteiger partial charge in [0.05, 0.1) is 0 Å². The van der Waals surface area contributed by atoms with Crippen LogP contribution in [0.15, 0.2) is 18.3 Å². The van der Waals surface area contributed by atoms with Crippen LogP contribution in [-0.4, -0.2) is 50.2 Å². The summed E-state index contributed by atoms with van der Waals surface area (Å²) < 4.78 is 0. The summed E-state index contributed by atoms with van der Waals surface area (Å²) in [7, 11) is 4.24. The highest BCUT2D eigenvalue weighted by Gasteiger charge is 2.10. The Morgan fingerprint density at radius 1 is 1.20 bits per heavy atom. The van der Waals surface area contributed by atoms with Gasteiger partial charge in [0.2, 0.25) is 0 Å². The predicted molar refractivity (Wildman–Crippen MR) is 87.3 cm³/mol. The molecule has 0 spiro atoms. The van der Waals surface area contributed by atoms with Crippen LogP contribution in [0.3, 0.4) is 0 Å². The van der Waals surface area contributed by atoms with Crippen LogP contribution in [0, 0.1) is 0 Å². The summed E-state index contributed by atoms with van der Waals surface area (Å²) in [6.45, 7) is 9.54. The third-order valence-electron chi connectivity index (χ3n) is 3.32. The van der Waals surface area contributed by atoms with Gasteiger partial charge in [0.15, 0.2) is 0 Å². The maximum absolute atomic E-state index is 4.60. The Hall–Kier alpha value is -1.13. The highest BCUT2D eigenvalue weighted by atomic mass is 15.2. The van der Waals surface area contributed by atoms with Crippen LogP contribution >= 0.6 is 0 Å². The minimum absolute atomic E-state index is 0.904. The van der Waals surface area contributed by atoms with E-state index in [1.54, 1.807) is 0 Å². The fourth-order valence-electron chi connectivity index (χ4n) is 2.24. The molecular formula is C16H30N4. The van der Waals surface area contributed by atoms with E-state index in [4.69, 9.17) is 0 Å². The summed E-state index contributed by atoms with van der Waals surface area (Å²) in [6, 6.07) is 4.21. The zero-order valence-corrected chi connectivity index (χ0v) is 13.5. The number of nitrogens with zero attached hydrogens (tertiary/aromatic N) is 3. The first-order valence-electron chi connectivity index (χ1n) is 7.73. The lowest BCUT2D eigenvalue weighted by molar-refractivity contribution is 0.400. The van der Waals surface area contributed by atoms with Crippen LogP contribution in [0.5, 0.6) is 0 Å². The fraction of sp³-hybridized carbons (Fsp3) is 0.688. The highest BCUT2D eigenvalue weighted by molar-refractivity contribution is 5.46. The van der Waals surface area contributed by atoms with Gasteiger partial charge < -0.3 is 15.1 Å². The number of pyridine rings is 1. The van der Waals surface area contributed by atoms with Crippen LogP contribution in [-0.2, 0) is 6.54 Å². The van der Waals surface area contributed by atoms with Crippen molar-refractivity contribution in [1.82, 2.24) is 15.2 Å².